The molecule has 0 aliphatic carbocycles. The highest BCUT2D eigenvalue weighted by Crippen LogP contribution is 2.42. The van der Waals surface area contributed by atoms with E-state index in [-0.39, 0.29) is 5.41 Å². The van der Waals surface area contributed by atoms with E-state index in [1.165, 1.54) is 0 Å². The van der Waals surface area contributed by atoms with E-state index in [0.717, 1.165) is 29.0 Å². The van der Waals surface area contributed by atoms with Crippen LogP contribution in [0, 0.1) is 5.41 Å². The van der Waals surface area contributed by atoms with Crippen molar-refractivity contribution in [2.24, 2.45) is 5.41 Å². The number of anilines is 1. The molecule has 2 heterocycles. The molecule has 4 heteroatoms. The summed E-state index contributed by atoms with van der Waals surface area (Å²) in [6, 6.07) is 0.475. The van der Waals surface area contributed by atoms with Gasteiger partial charge in [0.1, 0.15) is 5.82 Å². The minimum atomic E-state index is 0.247. The van der Waals surface area contributed by atoms with Crippen molar-refractivity contribution in [3.05, 3.63) is 10.2 Å². The second-order valence-electron chi connectivity index (χ2n) is 6.24. The first-order chi connectivity index (χ1) is 7.82. The molecule has 1 aliphatic rings. The van der Waals surface area contributed by atoms with E-state index in [1.54, 1.807) is 0 Å². The summed E-state index contributed by atoms with van der Waals surface area (Å²) in [7, 11) is 0. The quantitative estimate of drug-likeness (QED) is 0.843. The topological polar surface area (TPSA) is 29.9 Å². The van der Waals surface area contributed by atoms with Gasteiger partial charge in [-0.25, -0.2) is 4.68 Å². The third-order valence-electron chi connectivity index (χ3n) is 3.43. The lowest BCUT2D eigenvalue weighted by atomic mass is 9.84. The van der Waals surface area contributed by atoms with Gasteiger partial charge in [-0.3, -0.25) is 0 Å². The highest BCUT2D eigenvalue weighted by atomic mass is 79.9. The van der Waals surface area contributed by atoms with E-state index in [1.807, 2.05) is 0 Å². The molecule has 1 aliphatic heterocycles. The second kappa shape index (κ2) is 4.30. The van der Waals surface area contributed by atoms with Crippen LogP contribution in [0.4, 0.5) is 5.82 Å². The molecule has 0 aromatic carbocycles. The summed E-state index contributed by atoms with van der Waals surface area (Å²) in [6.07, 6.45) is 1.14. The van der Waals surface area contributed by atoms with E-state index in [9.17, 15) is 0 Å². The van der Waals surface area contributed by atoms with Gasteiger partial charge in [0.05, 0.1) is 16.2 Å². The van der Waals surface area contributed by atoms with Crippen molar-refractivity contribution < 1.29 is 0 Å². The smallest absolute Gasteiger partial charge is 0.139 e. The minimum Gasteiger partial charge on any atom is -0.369 e. The highest BCUT2D eigenvalue weighted by molar-refractivity contribution is 9.10. The molecule has 2 rings (SSSR count). The average molecular weight is 300 g/mol. The largest absolute Gasteiger partial charge is 0.369 e. The maximum atomic E-state index is 4.80. The molecule has 1 aromatic rings. The van der Waals surface area contributed by atoms with Crippen molar-refractivity contribution >= 4 is 21.7 Å². The van der Waals surface area contributed by atoms with Crippen LogP contribution in [-0.4, -0.2) is 16.3 Å². The summed E-state index contributed by atoms with van der Waals surface area (Å²) in [5, 5.41) is 8.27. The number of fused-ring (bicyclic) bond motifs is 1. The molecule has 0 bridgehead atoms. The number of nitrogens with one attached hydrogen (secondary N) is 1. The Morgan fingerprint density at radius 1 is 1.41 bits per heavy atom. The Kier molecular flexibility index (Phi) is 3.27. The van der Waals surface area contributed by atoms with Gasteiger partial charge in [0.15, 0.2) is 0 Å². The number of aromatic nitrogens is 2. The molecule has 1 unspecified atom stereocenters. The van der Waals surface area contributed by atoms with Crippen LogP contribution in [0.25, 0.3) is 0 Å². The molecule has 1 aromatic heterocycles. The zero-order chi connectivity index (χ0) is 12.8. The van der Waals surface area contributed by atoms with Crippen LogP contribution in [-0.2, 0) is 0 Å². The minimum absolute atomic E-state index is 0.247. The lowest BCUT2D eigenvalue weighted by molar-refractivity contribution is 0.209. The molecule has 0 amide bonds. The molecular formula is C13H22BrN3. The van der Waals surface area contributed by atoms with E-state index >= 15 is 0 Å². The Hall–Kier alpha value is -0.510. The number of hydrogen-bond donors (Lipinski definition) is 1. The van der Waals surface area contributed by atoms with Gasteiger partial charge in [-0.15, -0.1) is 0 Å². The van der Waals surface area contributed by atoms with E-state index in [0.29, 0.717) is 12.0 Å². The molecule has 17 heavy (non-hydrogen) atoms. The summed E-state index contributed by atoms with van der Waals surface area (Å²) in [6.45, 7) is 12.3. The van der Waals surface area contributed by atoms with Gasteiger partial charge in [-0.2, -0.15) is 5.10 Å². The monoisotopic (exact) mass is 299 g/mol. The molecule has 3 nitrogen and oxygen atoms in total. The summed E-state index contributed by atoms with van der Waals surface area (Å²) < 4.78 is 3.32. The summed E-state index contributed by atoms with van der Waals surface area (Å²) in [4.78, 5) is 0. The van der Waals surface area contributed by atoms with Crippen LogP contribution < -0.4 is 5.32 Å². The molecular weight excluding hydrogens is 278 g/mol. The molecule has 0 spiro atoms. The van der Waals surface area contributed by atoms with Gasteiger partial charge in [0.2, 0.25) is 0 Å². The van der Waals surface area contributed by atoms with Crippen LogP contribution in [0.2, 0.25) is 0 Å². The van der Waals surface area contributed by atoms with Crippen molar-refractivity contribution in [3.8, 4) is 0 Å². The lowest BCUT2D eigenvalue weighted by Crippen LogP contribution is -2.32. The number of nitrogens with zero attached hydrogens (tertiary/aromatic N) is 2. The summed E-state index contributed by atoms with van der Waals surface area (Å²) >= 11 is 3.69. The molecule has 0 saturated carbocycles. The Labute approximate surface area is 112 Å². The normalized spacial score (nSPS) is 20.3. The van der Waals surface area contributed by atoms with Crippen LogP contribution in [0.3, 0.4) is 0 Å². The maximum Gasteiger partial charge on any atom is 0.139 e. The first-order valence-corrected chi connectivity index (χ1v) is 7.13. The molecule has 1 atom stereocenters. The fraction of sp³-hybridized carbons (Fsp3) is 0.769. The van der Waals surface area contributed by atoms with Gasteiger partial charge < -0.3 is 5.32 Å². The standard InChI is InChI=1S/C13H22BrN3/c1-8(2)11-10(14)12-15-7-6-9(13(3,4)5)17(12)16-11/h8-9,15H,6-7H2,1-5H3. The average Bonchev–Trinajstić information content (AvgIpc) is 2.55. The van der Waals surface area contributed by atoms with Gasteiger partial charge in [-0.05, 0) is 33.7 Å². The number of rotatable bonds is 1. The van der Waals surface area contributed by atoms with Gasteiger partial charge in [0.25, 0.3) is 0 Å². The Bertz CT molecular complexity index is 415. The van der Waals surface area contributed by atoms with Crippen molar-refractivity contribution in [2.45, 2.75) is 53.0 Å². The third kappa shape index (κ3) is 2.24. The lowest BCUT2D eigenvalue weighted by Gasteiger charge is -2.35. The Morgan fingerprint density at radius 3 is 2.59 bits per heavy atom. The highest BCUT2D eigenvalue weighted by Gasteiger charge is 2.33. The Morgan fingerprint density at radius 2 is 2.06 bits per heavy atom. The number of halogens is 1. The Balaban J connectivity index is 2.49. The molecule has 0 saturated heterocycles. The molecule has 1 N–H and O–H groups in total. The fourth-order valence-corrected chi connectivity index (χ4v) is 3.29. The van der Waals surface area contributed by atoms with E-state index in [4.69, 9.17) is 5.10 Å². The SMILES string of the molecule is CC(C)c1nn2c(c1Br)NCCC2C(C)(C)C. The first-order valence-electron chi connectivity index (χ1n) is 6.34. The van der Waals surface area contributed by atoms with Crippen molar-refractivity contribution in [1.29, 1.82) is 0 Å². The van der Waals surface area contributed by atoms with Crippen LogP contribution in [0.5, 0.6) is 0 Å². The van der Waals surface area contributed by atoms with Crippen molar-refractivity contribution in [2.75, 3.05) is 11.9 Å². The molecule has 0 fully saturated rings. The van der Waals surface area contributed by atoms with Crippen LogP contribution >= 0.6 is 15.9 Å². The zero-order valence-corrected chi connectivity index (χ0v) is 12.9. The first kappa shape index (κ1) is 12.9. The predicted octanol–water partition coefficient (Wildman–Crippen LogP) is 4.17. The molecule has 96 valence electrons. The van der Waals surface area contributed by atoms with Crippen molar-refractivity contribution in [3.63, 3.8) is 0 Å². The van der Waals surface area contributed by atoms with Gasteiger partial charge in [0, 0.05) is 6.54 Å². The van der Waals surface area contributed by atoms with Crippen LogP contribution in [0.1, 0.15) is 58.7 Å². The predicted molar refractivity (Wildman–Crippen MR) is 75.6 cm³/mol. The third-order valence-corrected chi connectivity index (χ3v) is 4.21. The van der Waals surface area contributed by atoms with Gasteiger partial charge in [-0.1, -0.05) is 34.6 Å². The van der Waals surface area contributed by atoms with E-state index in [2.05, 4.69) is 60.5 Å². The summed E-state index contributed by atoms with van der Waals surface area (Å²) in [5.74, 6) is 1.60. The maximum absolute atomic E-state index is 4.80. The molecule has 0 radical (unpaired) electrons. The second-order valence-corrected chi connectivity index (χ2v) is 7.04. The van der Waals surface area contributed by atoms with Gasteiger partial charge >= 0.3 is 0 Å². The zero-order valence-electron chi connectivity index (χ0n) is 11.3. The van der Waals surface area contributed by atoms with Crippen LogP contribution in [0.15, 0.2) is 4.47 Å². The number of hydrogen-bond acceptors (Lipinski definition) is 2. The summed E-state index contributed by atoms with van der Waals surface area (Å²) in [5.41, 5.74) is 1.40. The fourth-order valence-electron chi connectivity index (χ4n) is 2.43. The van der Waals surface area contributed by atoms with E-state index < -0.39 is 0 Å². The van der Waals surface area contributed by atoms with Crippen molar-refractivity contribution in [1.82, 2.24) is 9.78 Å².